The Bertz CT molecular complexity index is 2210. The molecule has 2 amide bonds. The highest BCUT2D eigenvalue weighted by molar-refractivity contribution is 7.95. The predicted octanol–water partition coefficient (Wildman–Crippen LogP) is 6.48. The minimum Gasteiger partial charge on any atom is -0.481 e. The van der Waals surface area contributed by atoms with Crippen molar-refractivity contribution >= 4 is 60.7 Å². The second-order valence-electron chi connectivity index (χ2n) is 16.3. The number of unbranched alkanes of at least 4 members (excludes halogenated alkanes) is 2. The lowest BCUT2D eigenvalue weighted by molar-refractivity contribution is -0.438. The van der Waals surface area contributed by atoms with Crippen LogP contribution in [0.25, 0.3) is 0 Å². The molecule has 5 N–H and O–H groups in total. The second kappa shape index (κ2) is 18.7. The van der Waals surface area contributed by atoms with E-state index in [-0.39, 0.29) is 28.0 Å². The first-order valence-corrected chi connectivity index (χ1v) is 23.4. The molecule has 2 atom stereocenters. The third-order valence-corrected chi connectivity index (χ3v) is 13.5. The Balaban J connectivity index is 1.60. The molecule has 3 aliphatic rings. The van der Waals surface area contributed by atoms with E-state index in [1.807, 2.05) is 12.1 Å². The molecule has 13 nitrogen and oxygen atoms in total. The highest BCUT2D eigenvalue weighted by Crippen LogP contribution is 2.51. The first-order valence-electron chi connectivity index (χ1n) is 20.3. The van der Waals surface area contributed by atoms with E-state index in [4.69, 9.17) is 0 Å². The summed E-state index contributed by atoms with van der Waals surface area (Å²) in [4.78, 5) is 38.5. The van der Waals surface area contributed by atoms with E-state index in [1.165, 1.54) is 6.07 Å². The molecule has 0 saturated heterocycles. The number of carboxylic acids is 1. The number of hydrogen-bond donors (Lipinski definition) is 5. The topological polar surface area (TPSA) is 193 Å². The molecule has 0 aliphatic carbocycles. The Morgan fingerprint density at radius 1 is 0.845 bits per heavy atom. The van der Waals surface area contributed by atoms with Gasteiger partial charge in [0, 0.05) is 79.8 Å². The van der Waals surface area contributed by atoms with Crippen LogP contribution in [0.2, 0.25) is 0 Å². The molecule has 15 heteroatoms. The zero-order valence-electron chi connectivity index (χ0n) is 33.9. The van der Waals surface area contributed by atoms with Crippen molar-refractivity contribution in [3.05, 3.63) is 71.5 Å². The van der Waals surface area contributed by atoms with Gasteiger partial charge in [0.1, 0.15) is 16.3 Å². The quantitative estimate of drug-likeness (QED) is 0.0851. The number of hydrogen-bond acceptors (Lipinski definition) is 7. The van der Waals surface area contributed by atoms with E-state index in [0.29, 0.717) is 77.5 Å². The van der Waals surface area contributed by atoms with Gasteiger partial charge in [-0.1, -0.05) is 25.3 Å². The fourth-order valence-corrected chi connectivity index (χ4v) is 9.59. The number of nitrogens with one attached hydrogen (secondary N) is 2. The maximum absolute atomic E-state index is 12.7. The van der Waals surface area contributed by atoms with Crippen molar-refractivity contribution in [2.75, 3.05) is 31.1 Å². The lowest BCUT2D eigenvalue weighted by Gasteiger charge is -2.30. The zero-order valence-corrected chi connectivity index (χ0v) is 35.6. The van der Waals surface area contributed by atoms with Crippen LogP contribution in [0.5, 0.6) is 0 Å². The van der Waals surface area contributed by atoms with Crippen molar-refractivity contribution in [3.63, 3.8) is 0 Å². The lowest BCUT2D eigenvalue weighted by atomic mass is 9.77. The summed E-state index contributed by atoms with van der Waals surface area (Å²) in [5.41, 5.74) is 4.04. The summed E-state index contributed by atoms with van der Waals surface area (Å²) >= 11 is 0. The van der Waals surface area contributed by atoms with Crippen LogP contribution in [-0.2, 0) is 45.1 Å². The molecule has 2 unspecified atom stereocenters. The molecular formula is C43H59N4O9S2+. The molecule has 316 valence electrons. The third-order valence-electron chi connectivity index (χ3n) is 11.7. The molecule has 0 bridgehead atoms. The van der Waals surface area contributed by atoms with Crippen molar-refractivity contribution in [2.24, 2.45) is 0 Å². The first kappa shape index (κ1) is 44.8. The summed E-state index contributed by atoms with van der Waals surface area (Å²) < 4.78 is 60.2. The van der Waals surface area contributed by atoms with Crippen LogP contribution in [0.3, 0.4) is 0 Å². The highest BCUT2D eigenvalue weighted by Gasteiger charge is 2.46. The average Bonchev–Trinajstić information content (AvgIpc) is 3.50. The van der Waals surface area contributed by atoms with Crippen LogP contribution in [0, 0.1) is 0 Å². The van der Waals surface area contributed by atoms with Gasteiger partial charge >= 0.3 is 5.97 Å². The van der Waals surface area contributed by atoms with E-state index in [2.05, 4.69) is 58.9 Å². The molecule has 2 aromatic carbocycles. The minimum absolute atomic E-state index is 0.0598. The minimum atomic E-state index is -4.51. The highest BCUT2D eigenvalue weighted by atomic mass is 32.2. The molecule has 0 saturated carbocycles. The molecule has 0 radical (unpaired) electrons. The number of benzene rings is 2. The van der Waals surface area contributed by atoms with Crippen LogP contribution in [0.1, 0.15) is 115 Å². The van der Waals surface area contributed by atoms with Gasteiger partial charge in [0.25, 0.3) is 10.1 Å². The maximum atomic E-state index is 12.7. The van der Waals surface area contributed by atoms with Crippen LogP contribution in [-0.4, -0.2) is 87.0 Å². The molecule has 0 aromatic heterocycles. The van der Waals surface area contributed by atoms with Gasteiger partial charge < -0.3 is 25.2 Å². The Kier molecular flexibility index (Phi) is 14.5. The number of rotatable bonds is 8. The molecule has 2 aromatic rings. The number of aliphatic carboxylic acids is 1. The molecule has 58 heavy (non-hydrogen) atoms. The van der Waals surface area contributed by atoms with E-state index in [0.717, 1.165) is 59.6 Å². The summed E-state index contributed by atoms with van der Waals surface area (Å²) in [6, 6.07) is 9.97. The van der Waals surface area contributed by atoms with Gasteiger partial charge in [0.2, 0.25) is 17.5 Å². The van der Waals surface area contributed by atoms with Gasteiger partial charge in [0.15, 0.2) is 5.71 Å². The summed E-state index contributed by atoms with van der Waals surface area (Å²) in [6.45, 7) is 8.12. The van der Waals surface area contributed by atoms with Crippen molar-refractivity contribution in [3.8, 4) is 0 Å². The van der Waals surface area contributed by atoms with Gasteiger partial charge in [0.05, 0.1) is 15.2 Å². The van der Waals surface area contributed by atoms with Crippen molar-refractivity contribution in [1.29, 1.82) is 0 Å². The van der Waals surface area contributed by atoms with Crippen LogP contribution in [0.15, 0.2) is 70.1 Å². The number of carbonyl (C=O) groups is 3. The zero-order chi connectivity index (χ0) is 42.3. The van der Waals surface area contributed by atoms with Gasteiger partial charge in [-0.3, -0.25) is 18.9 Å². The number of carbonyl (C=O) groups excluding carboxylic acids is 2. The smallest absolute Gasteiger partial charge is 0.303 e. The van der Waals surface area contributed by atoms with E-state index in [9.17, 15) is 41.2 Å². The van der Waals surface area contributed by atoms with Crippen LogP contribution >= 0.6 is 0 Å². The van der Waals surface area contributed by atoms with Gasteiger partial charge in [-0.05, 0) is 107 Å². The molecular weight excluding hydrogens is 781 g/mol. The molecule has 5 rings (SSSR count). The number of anilines is 1. The van der Waals surface area contributed by atoms with Crippen LogP contribution < -0.4 is 15.5 Å². The van der Waals surface area contributed by atoms with Gasteiger partial charge in [-0.15, -0.1) is 0 Å². The monoisotopic (exact) mass is 839 g/mol. The van der Waals surface area contributed by atoms with Gasteiger partial charge in [-0.2, -0.15) is 13.0 Å². The molecule has 3 aliphatic heterocycles. The standard InChI is InChI=1S/C43H58N4O9S2/c1-42(2)33-29-31(57(4,52)53)20-22-35(33)46-27-12-6-9-18-40(49)45-26-25-44-39(48)17-8-5-11-24-43(3)34-30-32(58(54,55)56)21-23-36(34)47(28-13-7-10-19-41(50)51)38(43)16-14-15-37(42)46/h14-16,20-23,29-30H,4-13,17-19,24-28H2,1-3H3,(H4-,44,45,48,49,50,51,52,53,54,55,56)/p+1. The number of fused-ring (bicyclic) bond motifs is 5. The van der Waals surface area contributed by atoms with E-state index < -0.39 is 36.7 Å². The first-order chi connectivity index (χ1) is 27.3. The SMILES string of the molecule is C=S(=O)(O)c1ccc2c(c1)C(C)(C)C1=[N+]2CCCCCC(=O)NCCNC(=O)CCCCCC2(C)C(=CC=C1)N(CCCCCC(=O)O)c1ccc(S(=O)(=O)O)cc12. The largest absolute Gasteiger partial charge is 0.481 e. The van der Waals surface area contributed by atoms with E-state index >= 15 is 0 Å². The number of allylic oxidation sites excluding steroid dienone is 4. The Labute approximate surface area is 343 Å². The number of nitrogens with zero attached hydrogens (tertiary/aromatic N) is 2. The normalized spacial score (nSPS) is 22.1. The number of carboxylic acid groups (broad SMARTS) is 1. The second-order valence-corrected chi connectivity index (χ2v) is 19.5. The molecule has 0 fully saturated rings. The Morgan fingerprint density at radius 3 is 2.12 bits per heavy atom. The predicted molar refractivity (Wildman–Crippen MR) is 227 cm³/mol. The van der Waals surface area contributed by atoms with Crippen molar-refractivity contribution < 1.29 is 45.8 Å². The Hall–Kier alpha value is -4.31. The van der Waals surface area contributed by atoms with Crippen molar-refractivity contribution in [2.45, 2.75) is 125 Å². The van der Waals surface area contributed by atoms with E-state index in [1.54, 1.807) is 24.3 Å². The lowest BCUT2D eigenvalue weighted by Crippen LogP contribution is -2.34. The third kappa shape index (κ3) is 10.6. The summed E-state index contributed by atoms with van der Waals surface area (Å²) in [6.07, 6.45) is 13.8. The summed E-state index contributed by atoms with van der Waals surface area (Å²) in [7, 11) is -7.97. The fraction of sp³-hybridized carbons (Fsp3) is 0.512. The maximum Gasteiger partial charge on any atom is 0.303 e. The van der Waals surface area contributed by atoms with Crippen LogP contribution in [0.4, 0.5) is 11.4 Å². The molecule has 3 heterocycles. The van der Waals surface area contributed by atoms with Crippen molar-refractivity contribution in [1.82, 2.24) is 10.6 Å². The summed E-state index contributed by atoms with van der Waals surface area (Å²) in [5, 5.41) is 15.0. The Morgan fingerprint density at radius 2 is 1.48 bits per heavy atom. The average molecular weight is 840 g/mol. The van der Waals surface area contributed by atoms with Gasteiger partial charge in [-0.25, -0.2) is 4.21 Å². The molecule has 0 spiro atoms. The fourth-order valence-electron chi connectivity index (χ4n) is 8.50. The number of amides is 2. The summed E-state index contributed by atoms with van der Waals surface area (Å²) in [5.74, 6) is 2.50.